The zero-order valence-electron chi connectivity index (χ0n) is 9.65. The summed E-state index contributed by atoms with van der Waals surface area (Å²) in [6.07, 6.45) is 3.80. The number of nitriles is 1. The fraction of sp³-hybridized carbons (Fsp3) is 0.462. The zero-order chi connectivity index (χ0) is 12.3. The molecule has 0 aliphatic carbocycles. The molecule has 3 nitrogen and oxygen atoms in total. The molecule has 0 spiro atoms. The first-order chi connectivity index (χ1) is 8.13. The van der Waals surface area contributed by atoms with Gasteiger partial charge in [0.05, 0.1) is 16.7 Å². The van der Waals surface area contributed by atoms with E-state index in [1.54, 1.807) is 6.07 Å². The smallest absolute Gasteiger partial charge is 0.178 e. The van der Waals surface area contributed by atoms with E-state index >= 15 is 0 Å². The molecule has 0 bridgehead atoms. The van der Waals surface area contributed by atoms with Crippen molar-refractivity contribution in [3.8, 4) is 6.07 Å². The monoisotopic (exact) mass is 249 g/mol. The molecule has 90 valence electrons. The van der Waals surface area contributed by atoms with Crippen LogP contribution < -0.4 is 0 Å². The van der Waals surface area contributed by atoms with Crippen molar-refractivity contribution in [3.63, 3.8) is 0 Å². The number of benzene rings is 1. The number of aryl methyl sites for hydroxylation is 2. The molecular weight excluding hydrogens is 234 g/mol. The Labute approximate surface area is 102 Å². The average Bonchev–Trinajstić information content (AvgIpc) is 2.29. The van der Waals surface area contributed by atoms with Crippen LogP contribution in [0.5, 0.6) is 0 Å². The van der Waals surface area contributed by atoms with E-state index in [-0.39, 0.29) is 5.75 Å². The van der Waals surface area contributed by atoms with Gasteiger partial charge in [-0.05, 0) is 42.9 Å². The summed E-state index contributed by atoms with van der Waals surface area (Å²) in [7, 11) is -3.04. The van der Waals surface area contributed by atoms with Gasteiger partial charge in [-0.15, -0.1) is 0 Å². The van der Waals surface area contributed by atoms with Crippen LogP contribution in [-0.2, 0) is 22.7 Å². The molecule has 2 rings (SSSR count). The second-order valence-corrected chi connectivity index (χ2v) is 6.45. The highest BCUT2D eigenvalue weighted by molar-refractivity contribution is 7.91. The van der Waals surface area contributed by atoms with Gasteiger partial charge >= 0.3 is 0 Å². The molecule has 17 heavy (non-hydrogen) atoms. The molecule has 1 heterocycles. The predicted molar refractivity (Wildman–Crippen MR) is 65.4 cm³/mol. The molecule has 1 aliphatic heterocycles. The Morgan fingerprint density at radius 1 is 1.35 bits per heavy atom. The molecule has 0 N–H and O–H groups in total. The van der Waals surface area contributed by atoms with Gasteiger partial charge in [-0.2, -0.15) is 5.26 Å². The third-order valence-corrected chi connectivity index (χ3v) is 4.97. The normalized spacial score (nSPS) is 17.1. The Morgan fingerprint density at radius 2 is 2.18 bits per heavy atom. The largest absolute Gasteiger partial charge is 0.224 e. The molecule has 0 atom stereocenters. The van der Waals surface area contributed by atoms with E-state index in [2.05, 4.69) is 6.07 Å². The maximum absolute atomic E-state index is 11.8. The minimum absolute atomic E-state index is 0.272. The maximum Gasteiger partial charge on any atom is 0.178 e. The quantitative estimate of drug-likeness (QED) is 0.772. The Balaban J connectivity index is 2.23. The Bertz CT molecular complexity index is 555. The molecular formula is C13H15NO2S. The van der Waals surface area contributed by atoms with Crippen LogP contribution in [-0.4, -0.2) is 14.2 Å². The number of unbranched alkanes of at least 4 members (excludes halogenated alkanes) is 1. The molecule has 1 aromatic carbocycles. The SMILES string of the molecule is N#CCCCc1ccc2c(c1)CCCS2(=O)=O. The van der Waals surface area contributed by atoms with Gasteiger partial charge in [-0.25, -0.2) is 8.42 Å². The third kappa shape index (κ3) is 2.67. The van der Waals surface area contributed by atoms with Crippen LogP contribution in [0.2, 0.25) is 0 Å². The van der Waals surface area contributed by atoms with E-state index in [1.165, 1.54) is 0 Å². The summed E-state index contributed by atoms with van der Waals surface area (Å²) in [5.41, 5.74) is 2.09. The number of nitrogens with zero attached hydrogens (tertiary/aromatic N) is 1. The van der Waals surface area contributed by atoms with Crippen LogP contribution in [0.25, 0.3) is 0 Å². The summed E-state index contributed by atoms with van der Waals surface area (Å²) < 4.78 is 23.6. The minimum Gasteiger partial charge on any atom is -0.224 e. The Kier molecular flexibility index (Phi) is 3.49. The van der Waals surface area contributed by atoms with E-state index in [0.717, 1.165) is 36.8 Å². The number of rotatable bonds is 3. The van der Waals surface area contributed by atoms with Gasteiger partial charge in [0.1, 0.15) is 0 Å². The molecule has 1 aromatic rings. The van der Waals surface area contributed by atoms with Crippen LogP contribution >= 0.6 is 0 Å². The summed E-state index contributed by atoms with van der Waals surface area (Å²) in [6, 6.07) is 7.71. The van der Waals surface area contributed by atoms with E-state index < -0.39 is 9.84 Å². The van der Waals surface area contributed by atoms with Gasteiger partial charge in [-0.1, -0.05) is 12.1 Å². The topological polar surface area (TPSA) is 57.9 Å². The lowest BCUT2D eigenvalue weighted by Gasteiger charge is -2.17. The predicted octanol–water partition coefficient (Wildman–Crippen LogP) is 2.25. The Morgan fingerprint density at radius 3 is 2.94 bits per heavy atom. The number of fused-ring (bicyclic) bond motifs is 1. The van der Waals surface area contributed by atoms with Crippen molar-refractivity contribution in [1.29, 1.82) is 5.26 Å². The standard InChI is InChI=1S/C13H15NO2S/c14-8-2-1-4-11-6-7-13-12(10-11)5-3-9-17(13,15)16/h6-7,10H,1-5,9H2. The van der Waals surface area contributed by atoms with Gasteiger partial charge in [0.15, 0.2) is 9.84 Å². The van der Waals surface area contributed by atoms with E-state index in [0.29, 0.717) is 11.3 Å². The average molecular weight is 249 g/mol. The van der Waals surface area contributed by atoms with E-state index in [4.69, 9.17) is 5.26 Å². The molecule has 0 amide bonds. The first kappa shape index (κ1) is 12.1. The van der Waals surface area contributed by atoms with Crippen molar-refractivity contribution in [3.05, 3.63) is 29.3 Å². The third-order valence-electron chi connectivity index (χ3n) is 3.07. The second kappa shape index (κ2) is 4.89. The fourth-order valence-electron chi connectivity index (χ4n) is 2.22. The molecule has 0 unspecified atom stereocenters. The summed E-state index contributed by atoms with van der Waals surface area (Å²) >= 11 is 0. The summed E-state index contributed by atoms with van der Waals surface area (Å²) in [4.78, 5) is 0.507. The second-order valence-electron chi connectivity index (χ2n) is 4.38. The highest BCUT2D eigenvalue weighted by Gasteiger charge is 2.23. The lowest BCUT2D eigenvalue weighted by atomic mass is 10.0. The highest BCUT2D eigenvalue weighted by atomic mass is 32.2. The molecule has 0 aromatic heterocycles. The molecule has 0 saturated heterocycles. The van der Waals surface area contributed by atoms with Crippen molar-refractivity contribution in [2.24, 2.45) is 0 Å². The Hall–Kier alpha value is -1.34. The first-order valence-corrected chi connectivity index (χ1v) is 7.50. The van der Waals surface area contributed by atoms with E-state index in [1.807, 2.05) is 12.1 Å². The molecule has 0 fully saturated rings. The lowest BCUT2D eigenvalue weighted by Crippen LogP contribution is -2.16. The van der Waals surface area contributed by atoms with Crippen molar-refractivity contribution in [1.82, 2.24) is 0 Å². The van der Waals surface area contributed by atoms with Crippen molar-refractivity contribution in [2.45, 2.75) is 37.0 Å². The van der Waals surface area contributed by atoms with E-state index in [9.17, 15) is 8.42 Å². The first-order valence-electron chi connectivity index (χ1n) is 5.85. The van der Waals surface area contributed by atoms with Crippen molar-refractivity contribution in [2.75, 3.05) is 5.75 Å². The summed E-state index contributed by atoms with van der Waals surface area (Å²) in [6.45, 7) is 0. The van der Waals surface area contributed by atoms with Gasteiger partial charge in [0.25, 0.3) is 0 Å². The summed E-state index contributed by atoms with van der Waals surface area (Å²) in [5, 5.41) is 8.48. The van der Waals surface area contributed by atoms with Gasteiger partial charge in [0, 0.05) is 6.42 Å². The number of hydrogen-bond acceptors (Lipinski definition) is 3. The van der Waals surface area contributed by atoms with Crippen LogP contribution in [0, 0.1) is 11.3 Å². The van der Waals surface area contributed by atoms with Crippen LogP contribution in [0.4, 0.5) is 0 Å². The molecule has 4 heteroatoms. The molecule has 1 aliphatic rings. The number of sulfone groups is 1. The summed E-state index contributed by atoms with van der Waals surface area (Å²) in [5.74, 6) is 0.272. The zero-order valence-corrected chi connectivity index (χ0v) is 10.5. The van der Waals surface area contributed by atoms with Crippen LogP contribution in [0.1, 0.15) is 30.4 Å². The minimum atomic E-state index is -3.04. The van der Waals surface area contributed by atoms with Gasteiger partial charge < -0.3 is 0 Å². The maximum atomic E-state index is 11.8. The van der Waals surface area contributed by atoms with Crippen molar-refractivity contribution >= 4 is 9.84 Å². The van der Waals surface area contributed by atoms with Crippen LogP contribution in [0.3, 0.4) is 0 Å². The van der Waals surface area contributed by atoms with Crippen molar-refractivity contribution < 1.29 is 8.42 Å². The van der Waals surface area contributed by atoms with Gasteiger partial charge in [0.2, 0.25) is 0 Å². The number of hydrogen-bond donors (Lipinski definition) is 0. The fourth-order valence-corrected chi connectivity index (χ4v) is 3.80. The van der Waals surface area contributed by atoms with Gasteiger partial charge in [-0.3, -0.25) is 0 Å². The highest BCUT2D eigenvalue weighted by Crippen LogP contribution is 2.26. The molecule has 0 saturated carbocycles. The van der Waals surface area contributed by atoms with Crippen LogP contribution in [0.15, 0.2) is 23.1 Å². The lowest BCUT2D eigenvalue weighted by molar-refractivity contribution is 0.586. The molecule has 0 radical (unpaired) electrons.